The van der Waals surface area contributed by atoms with Gasteiger partial charge in [-0.1, -0.05) is 78.9 Å². The molecule has 0 heterocycles. The molecule has 0 bridgehead atoms. The first-order valence-electron chi connectivity index (χ1n) is 21.2. The Kier molecular flexibility index (Phi) is 15.5. The molecule has 5 aromatic carbocycles. The van der Waals surface area contributed by atoms with Crippen LogP contribution < -0.4 is 20.1 Å². The Hall–Kier alpha value is -5.60. The van der Waals surface area contributed by atoms with Crippen molar-refractivity contribution in [3.63, 3.8) is 0 Å². The van der Waals surface area contributed by atoms with E-state index in [2.05, 4.69) is 28.6 Å². The minimum atomic E-state index is -2.96. The van der Waals surface area contributed by atoms with E-state index >= 15 is 0 Å². The zero-order chi connectivity index (χ0) is 44.3. The third kappa shape index (κ3) is 9.56. The highest BCUT2D eigenvalue weighted by Gasteiger charge is 2.54. The van der Waals surface area contributed by atoms with Crippen LogP contribution in [0.2, 0.25) is 0 Å². The molecular weight excluding hydrogens is 800 g/mol. The van der Waals surface area contributed by atoms with Crippen LogP contribution in [0.1, 0.15) is 96.0 Å². The van der Waals surface area contributed by atoms with E-state index in [9.17, 15) is 14.9 Å². The largest absolute Gasteiger partial charge is 0.497 e. The van der Waals surface area contributed by atoms with E-state index < -0.39 is 13.5 Å². The maximum atomic E-state index is 14.2. The monoisotopic (exact) mass is 857 g/mol. The number of hydrogen-bond acceptors (Lipinski definition) is 11. The first kappa shape index (κ1) is 45.9. The first-order valence-corrected chi connectivity index (χ1v) is 22.8. The SMILES string of the molecule is CCO[P+](C#N)(OCCCNc1cccc2c1C(=O)c1cccc(NCCCOC(c3ccccc3)(c3ccc(OC)cc3)c3ccc(OC)cc3)c1C2=O)N(C(C)C)C(C)C. The number of nitrogens with one attached hydrogen (secondary N) is 2. The Morgan fingerprint density at radius 2 is 1.10 bits per heavy atom. The third-order valence-electron chi connectivity index (χ3n) is 10.9. The Labute approximate surface area is 366 Å². The van der Waals surface area contributed by atoms with Crippen molar-refractivity contribution in [3.8, 4) is 17.3 Å². The third-order valence-corrected chi connectivity index (χ3v) is 13.8. The number of ketones is 2. The number of benzene rings is 5. The number of anilines is 2. The normalized spacial score (nSPS) is 13.4. The van der Waals surface area contributed by atoms with E-state index in [1.807, 2.05) is 118 Å². The highest BCUT2D eigenvalue weighted by Crippen LogP contribution is 2.65. The quantitative estimate of drug-likeness (QED) is 0.0384. The van der Waals surface area contributed by atoms with Crippen molar-refractivity contribution < 1.29 is 32.8 Å². The number of methoxy groups -OCH3 is 2. The summed E-state index contributed by atoms with van der Waals surface area (Å²) in [6.45, 7) is 11.9. The van der Waals surface area contributed by atoms with Crippen LogP contribution in [-0.4, -0.2) is 75.5 Å². The molecule has 5 aromatic rings. The summed E-state index contributed by atoms with van der Waals surface area (Å²) in [5.41, 5.74) is 4.48. The molecule has 1 atom stereocenters. The zero-order valence-electron chi connectivity index (χ0n) is 36.8. The lowest BCUT2D eigenvalue weighted by molar-refractivity contribution is 0.0127. The lowest BCUT2D eigenvalue weighted by atomic mass is 9.80. The smallest absolute Gasteiger partial charge is 0.461 e. The maximum absolute atomic E-state index is 14.2. The summed E-state index contributed by atoms with van der Waals surface area (Å²) in [6.07, 6.45) is 1.14. The summed E-state index contributed by atoms with van der Waals surface area (Å²) in [5.74, 6) is 3.43. The number of carbonyl (C=O) groups is 2. The van der Waals surface area contributed by atoms with Gasteiger partial charge in [0.1, 0.15) is 17.1 Å². The van der Waals surface area contributed by atoms with Crippen LogP contribution in [0.3, 0.4) is 0 Å². The van der Waals surface area contributed by atoms with E-state index in [0.717, 1.165) is 28.2 Å². The summed E-state index contributed by atoms with van der Waals surface area (Å²) in [4.78, 5) is 28.4. The van der Waals surface area contributed by atoms with Crippen molar-refractivity contribution in [2.45, 2.75) is 65.1 Å². The fourth-order valence-corrected chi connectivity index (χ4v) is 10.8. The second-order valence-corrected chi connectivity index (χ2v) is 17.7. The first-order chi connectivity index (χ1) is 30.0. The van der Waals surface area contributed by atoms with Crippen LogP contribution in [0, 0.1) is 11.1 Å². The van der Waals surface area contributed by atoms with Gasteiger partial charge in [0, 0.05) is 47.7 Å². The fourth-order valence-electron chi connectivity index (χ4n) is 8.27. The van der Waals surface area contributed by atoms with E-state index in [1.165, 1.54) is 0 Å². The predicted octanol–water partition coefficient (Wildman–Crippen LogP) is 10.5. The molecule has 1 unspecified atom stereocenters. The van der Waals surface area contributed by atoms with Crippen molar-refractivity contribution in [3.05, 3.63) is 154 Å². The van der Waals surface area contributed by atoms with Crippen LogP contribution in [0.25, 0.3) is 0 Å². The van der Waals surface area contributed by atoms with Gasteiger partial charge in [-0.15, -0.1) is 9.93 Å². The number of carbonyl (C=O) groups excluding carboxylic acids is 2. The van der Waals surface area contributed by atoms with Crippen molar-refractivity contribution in [1.82, 2.24) is 4.67 Å². The van der Waals surface area contributed by atoms with Crippen molar-refractivity contribution in [1.29, 1.82) is 5.26 Å². The highest BCUT2D eigenvalue weighted by atomic mass is 31.2. The molecule has 0 aromatic heterocycles. The average Bonchev–Trinajstić information content (AvgIpc) is 3.29. The van der Waals surface area contributed by atoms with E-state index in [1.54, 1.807) is 38.5 Å². The highest BCUT2D eigenvalue weighted by molar-refractivity contribution is 7.69. The van der Waals surface area contributed by atoms with Gasteiger partial charge in [-0.05, 0) is 101 Å². The van der Waals surface area contributed by atoms with Crippen LogP contribution in [0.4, 0.5) is 11.4 Å². The Balaban J connectivity index is 1.15. The molecule has 2 N–H and O–H groups in total. The van der Waals surface area contributed by atoms with Gasteiger partial charge < -0.3 is 24.8 Å². The van der Waals surface area contributed by atoms with Gasteiger partial charge in [-0.3, -0.25) is 9.59 Å². The number of nitrogens with zero attached hydrogens (tertiary/aromatic N) is 2. The van der Waals surface area contributed by atoms with Gasteiger partial charge in [-0.2, -0.15) is 9.05 Å². The molecule has 0 fully saturated rings. The van der Waals surface area contributed by atoms with Gasteiger partial charge in [0.25, 0.3) is 0 Å². The molecule has 324 valence electrons. The molecule has 1 aliphatic carbocycles. The van der Waals surface area contributed by atoms with Crippen LogP contribution in [0.15, 0.2) is 115 Å². The molecule has 1 aliphatic rings. The molecule has 0 radical (unpaired) electrons. The Bertz CT molecular complexity index is 2280. The molecular formula is C50H58N4O7P+. The molecule has 6 rings (SSSR count). The second-order valence-electron chi connectivity index (χ2n) is 15.5. The van der Waals surface area contributed by atoms with Gasteiger partial charge in [-0.25, -0.2) is 0 Å². The summed E-state index contributed by atoms with van der Waals surface area (Å²) in [6, 6.07) is 36.8. The molecule has 12 heteroatoms. The molecule has 11 nitrogen and oxygen atoms in total. The van der Waals surface area contributed by atoms with Gasteiger partial charge >= 0.3 is 13.7 Å². The number of ether oxygens (including phenoxy) is 3. The Morgan fingerprint density at radius 3 is 1.53 bits per heavy atom. The number of rotatable bonds is 22. The van der Waals surface area contributed by atoms with Crippen LogP contribution in [0.5, 0.6) is 11.5 Å². The second kappa shape index (κ2) is 21.0. The summed E-state index contributed by atoms with van der Waals surface area (Å²) in [7, 11) is 0.332. The van der Waals surface area contributed by atoms with Crippen molar-refractivity contribution in [2.75, 3.05) is 57.8 Å². The summed E-state index contributed by atoms with van der Waals surface area (Å²) < 4.78 is 32.3. The van der Waals surface area contributed by atoms with Crippen LogP contribution in [-0.2, 0) is 19.4 Å². The molecule has 0 saturated carbocycles. The van der Waals surface area contributed by atoms with Crippen molar-refractivity contribution in [2.24, 2.45) is 0 Å². The lowest BCUT2D eigenvalue weighted by Gasteiger charge is -2.36. The maximum Gasteiger partial charge on any atom is 0.461 e. The molecule has 0 saturated heterocycles. The van der Waals surface area contributed by atoms with E-state index in [0.29, 0.717) is 72.8 Å². The average molecular weight is 858 g/mol. The van der Waals surface area contributed by atoms with E-state index in [-0.39, 0.29) is 30.3 Å². The minimum Gasteiger partial charge on any atom is -0.497 e. The topological polar surface area (TPSA) is 131 Å². The molecule has 62 heavy (non-hydrogen) atoms. The minimum absolute atomic E-state index is 0.0568. The number of hydrogen-bond donors (Lipinski definition) is 2. The van der Waals surface area contributed by atoms with Gasteiger partial charge in [0.2, 0.25) is 0 Å². The van der Waals surface area contributed by atoms with E-state index in [4.69, 9.17) is 23.3 Å². The Morgan fingerprint density at radius 1 is 0.629 bits per heavy atom. The number of nitriles is 1. The molecule has 0 amide bonds. The standard InChI is InChI=1S/C50H57N4O7P/c1-8-60-62(34-51,54(35(2)3)36(4)5)61-33-15-31-53-45-21-13-19-43-47(45)49(56)42-18-12-20-44(46(42)48(43)55)52-30-14-32-59-50(37-16-10-9-11-17-37,38-22-26-40(57-6)27-23-38)39-24-28-41(58-7)29-25-39/h9-13,16-29,35-36H,8,14-15,30-33H2,1-7H3,(H-,52,53,55,56)/p+1. The van der Waals surface area contributed by atoms with Crippen LogP contribution >= 0.6 is 7.87 Å². The van der Waals surface area contributed by atoms with Gasteiger partial charge in [0.05, 0.1) is 45.2 Å². The zero-order valence-corrected chi connectivity index (χ0v) is 37.7. The number of fused-ring (bicyclic) bond motifs is 2. The summed E-state index contributed by atoms with van der Waals surface area (Å²) in [5, 5.41) is 17.1. The fraction of sp³-hybridized carbons (Fsp3) is 0.340. The molecule has 0 spiro atoms. The predicted molar refractivity (Wildman–Crippen MR) is 246 cm³/mol. The van der Waals surface area contributed by atoms with Crippen molar-refractivity contribution >= 4 is 30.8 Å². The van der Waals surface area contributed by atoms with Gasteiger partial charge in [0.15, 0.2) is 11.6 Å². The lowest BCUT2D eigenvalue weighted by Crippen LogP contribution is -2.38. The summed E-state index contributed by atoms with van der Waals surface area (Å²) >= 11 is 0. The molecule has 0 aliphatic heterocycles.